The molecule has 2 aromatic rings. The zero-order valence-electron chi connectivity index (χ0n) is 11.6. The summed E-state index contributed by atoms with van der Waals surface area (Å²) in [6, 6.07) is 5.28. The molecule has 1 aromatic heterocycles. The third kappa shape index (κ3) is 3.58. The summed E-state index contributed by atoms with van der Waals surface area (Å²) < 4.78 is 4.60. The van der Waals surface area contributed by atoms with Crippen LogP contribution in [-0.4, -0.2) is 40.1 Å². The number of halogens is 1. The molecular formula is C13H13ClN4O3S. The van der Waals surface area contributed by atoms with Crippen molar-refractivity contribution in [3.63, 3.8) is 0 Å². The quantitative estimate of drug-likeness (QED) is 0.613. The number of thioether (sulfide) groups is 1. The molecule has 1 aromatic carbocycles. The van der Waals surface area contributed by atoms with Crippen LogP contribution >= 0.6 is 23.4 Å². The van der Waals surface area contributed by atoms with Crippen molar-refractivity contribution in [2.24, 2.45) is 5.73 Å². The Bertz CT molecular complexity index is 704. The SMILES string of the molecule is COC(=O)CCSc1cccc(Cl)c1-c1n[nH]nc1C(N)=O. The Balaban J connectivity index is 2.32. The molecule has 22 heavy (non-hydrogen) atoms. The highest BCUT2D eigenvalue weighted by Gasteiger charge is 2.20. The van der Waals surface area contributed by atoms with E-state index >= 15 is 0 Å². The second-order valence-corrected chi connectivity index (χ2v) is 5.72. The number of aromatic amines is 1. The number of primary amides is 1. The van der Waals surface area contributed by atoms with Crippen molar-refractivity contribution in [1.82, 2.24) is 15.4 Å². The van der Waals surface area contributed by atoms with Crippen molar-refractivity contribution >= 4 is 35.2 Å². The number of H-pyrrole nitrogens is 1. The Morgan fingerprint density at radius 1 is 1.41 bits per heavy atom. The number of rotatable bonds is 6. The van der Waals surface area contributed by atoms with Crippen LogP contribution in [0.3, 0.4) is 0 Å². The highest BCUT2D eigenvalue weighted by molar-refractivity contribution is 7.99. The van der Waals surface area contributed by atoms with Crippen LogP contribution in [0.25, 0.3) is 11.3 Å². The van der Waals surface area contributed by atoms with E-state index in [1.807, 2.05) is 6.07 Å². The molecule has 0 spiro atoms. The van der Waals surface area contributed by atoms with Crippen molar-refractivity contribution < 1.29 is 14.3 Å². The highest BCUT2D eigenvalue weighted by atomic mass is 35.5. The van der Waals surface area contributed by atoms with Crippen LogP contribution in [0.2, 0.25) is 5.02 Å². The first-order valence-electron chi connectivity index (χ1n) is 6.23. The molecule has 0 unspecified atom stereocenters. The fourth-order valence-electron chi connectivity index (χ4n) is 1.78. The first kappa shape index (κ1) is 16.3. The molecule has 0 fully saturated rings. The summed E-state index contributed by atoms with van der Waals surface area (Å²) in [6.07, 6.45) is 0.259. The number of amides is 1. The van der Waals surface area contributed by atoms with Gasteiger partial charge < -0.3 is 10.5 Å². The zero-order chi connectivity index (χ0) is 16.1. The molecule has 7 nitrogen and oxygen atoms in total. The van der Waals surface area contributed by atoms with Crippen LogP contribution in [0, 0.1) is 0 Å². The van der Waals surface area contributed by atoms with Gasteiger partial charge in [0, 0.05) is 16.2 Å². The van der Waals surface area contributed by atoms with Crippen molar-refractivity contribution in [2.45, 2.75) is 11.3 Å². The standard InChI is InChI=1S/C13H13ClN4O3S/c1-21-9(19)5-6-22-8-4-2-3-7(14)10(8)11-12(13(15)20)17-18-16-11/h2-4H,5-6H2,1H3,(H2,15,20)(H,16,17,18). The first-order chi connectivity index (χ1) is 10.5. The van der Waals surface area contributed by atoms with Gasteiger partial charge in [0.1, 0.15) is 5.69 Å². The van der Waals surface area contributed by atoms with E-state index in [2.05, 4.69) is 20.1 Å². The van der Waals surface area contributed by atoms with E-state index in [1.54, 1.807) is 12.1 Å². The summed E-state index contributed by atoms with van der Waals surface area (Å²) in [7, 11) is 1.34. The van der Waals surface area contributed by atoms with Crippen LogP contribution in [0.15, 0.2) is 23.1 Å². The monoisotopic (exact) mass is 340 g/mol. The molecule has 0 aliphatic heterocycles. The van der Waals surface area contributed by atoms with Gasteiger partial charge in [-0.05, 0) is 12.1 Å². The number of hydrogen-bond donors (Lipinski definition) is 2. The zero-order valence-corrected chi connectivity index (χ0v) is 13.2. The summed E-state index contributed by atoms with van der Waals surface area (Å²) >= 11 is 7.63. The molecule has 0 aliphatic rings. The van der Waals surface area contributed by atoms with E-state index in [1.165, 1.54) is 18.9 Å². The third-order valence-electron chi connectivity index (χ3n) is 2.78. The molecule has 9 heteroatoms. The normalized spacial score (nSPS) is 10.5. The van der Waals surface area contributed by atoms with E-state index in [-0.39, 0.29) is 18.1 Å². The maximum absolute atomic E-state index is 11.4. The molecule has 0 radical (unpaired) electrons. The van der Waals surface area contributed by atoms with Crippen LogP contribution in [0.1, 0.15) is 16.9 Å². The number of ether oxygens (including phenoxy) is 1. The maximum atomic E-state index is 11.4. The Kier molecular flexibility index (Phi) is 5.40. The Hall–Kier alpha value is -2.06. The van der Waals surface area contributed by atoms with E-state index in [4.69, 9.17) is 17.3 Å². The van der Waals surface area contributed by atoms with Crippen molar-refractivity contribution in [3.05, 3.63) is 28.9 Å². The lowest BCUT2D eigenvalue weighted by Gasteiger charge is -2.09. The minimum Gasteiger partial charge on any atom is -0.469 e. The number of carbonyl (C=O) groups is 2. The third-order valence-corrected chi connectivity index (χ3v) is 4.16. The second kappa shape index (κ2) is 7.28. The largest absolute Gasteiger partial charge is 0.469 e. The summed E-state index contributed by atoms with van der Waals surface area (Å²) in [4.78, 5) is 23.4. The molecule has 0 aliphatic carbocycles. The predicted molar refractivity (Wildman–Crippen MR) is 82.7 cm³/mol. The Morgan fingerprint density at radius 3 is 2.86 bits per heavy atom. The first-order valence-corrected chi connectivity index (χ1v) is 7.60. The van der Waals surface area contributed by atoms with E-state index < -0.39 is 5.91 Å². The molecule has 1 heterocycles. The molecule has 0 saturated carbocycles. The number of hydrogen-bond acceptors (Lipinski definition) is 6. The molecule has 0 bridgehead atoms. The number of esters is 1. The van der Waals surface area contributed by atoms with Gasteiger partial charge in [-0.1, -0.05) is 17.7 Å². The van der Waals surface area contributed by atoms with Crippen LogP contribution < -0.4 is 5.73 Å². The fraction of sp³-hybridized carbons (Fsp3) is 0.231. The number of aromatic nitrogens is 3. The smallest absolute Gasteiger partial charge is 0.306 e. The van der Waals surface area contributed by atoms with Gasteiger partial charge in [-0.25, -0.2) is 0 Å². The number of methoxy groups -OCH3 is 1. The number of nitrogens with two attached hydrogens (primary N) is 1. The number of benzene rings is 1. The molecule has 3 N–H and O–H groups in total. The molecular weight excluding hydrogens is 328 g/mol. The van der Waals surface area contributed by atoms with Crippen molar-refractivity contribution in [2.75, 3.05) is 12.9 Å². The van der Waals surface area contributed by atoms with Gasteiger partial charge >= 0.3 is 5.97 Å². The van der Waals surface area contributed by atoms with Gasteiger partial charge in [0.2, 0.25) is 0 Å². The van der Waals surface area contributed by atoms with Crippen LogP contribution in [0.4, 0.5) is 0 Å². The van der Waals surface area contributed by atoms with Crippen LogP contribution in [-0.2, 0) is 9.53 Å². The molecule has 2 rings (SSSR count). The molecule has 116 valence electrons. The summed E-state index contributed by atoms with van der Waals surface area (Å²) in [5.74, 6) is -0.492. The van der Waals surface area contributed by atoms with Crippen molar-refractivity contribution in [1.29, 1.82) is 0 Å². The van der Waals surface area contributed by atoms with Crippen LogP contribution in [0.5, 0.6) is 0 Å². The van der Waals surface area contributed by atoms with Gasteiger partial charge in [-0.15, -0.1) is 11.8 Å². The molecule has 0 atom stereocenters. The van der Waals surface area contributed by atoms with Gasteiger partial charge in [0.05, 0.1) is 18.6 Å². The number of carbonyl (C=O) groups excluding carboxylic acids is 2. The minimum atomic E-state index is -0.700. The summed E-state index contributed by atoms with van der Waals surface area (Å²) in [5, 5.41) is 10.5. The topological polar surface area (TPSA) is 111 Å². The molecule has 1 amide bonds. The maximum Gasteiger partial charge on any atom is 0.306 e. The number of nitrogens with zero attached hydrogens (tertiary/aromatic N) is 2. The molecule has 0 saturated heterocycles. The predicted octanol–water partition coefficient (Wildman–Crippen LogP) is 1.88. The average molecular weight is 341 g/mol. The fourth-order valence-corrected chi connectivity index (χ4v) is 3.11. The van der Waals surface area contributed by atoms with E-state index in [9.17, 15) is 9.59 Å². The summed E-state index contributed by atoms with van der Waals surface area (Å²) in [5.41, 5.74) is 6.15. The van der Waals surface area contributed by atoms with Gasteiger partial charge in [0.15, 0.2) is 5.69 Å². The van der Waals surface area contributed by atoms with Gasteiger partial charge in [0.25, 0.3) is 5.91 Å². The Labute approximate surface area is 135 Å². The lowest BCUT2D eigenvalue weighted by atomic mass is 10.1. The van der Waals surface area contributed by atoms with Gasteiger partial charge in [-0.3, -0.25) is 9.59 Å². The van der Waals surface area contributed by atoms with Gasteiger partial charge in [-0.2, -0.15) is 15.4 Å². The highest BCUT2D eigenvalue weighted by Crippen LogP contribution is 2.37. The number of nitrogens with one attached hydrogen (secondary N) is 1. The summed E-state index contributed by atoms with van der Waals surface area (Å²) in [6.45, 7) is 0. The Morgan fingerprint density at radius 2 is 2.18 bits per heavy atom. The van der Waals surface area contributed by atoms with E-state index in [0.29, 0.717) is 22.0 Å². The average Bonchev–Trinajstić information content (AvgIpc) is 2.96. The minimum absolute atomic E-state index is 0.0166. The lowest BCUT2D eigenvalue weighted by Crippen LogP contribution is -2.13. The van der Waals surface area contributed by atoms with E-state index in [0.717, 1.165) is 4.90 Å². The lowest BCUT2D eigenvalue weighted by molar-refractivity contribution is -0.140. The van der Waals surface area contributed by atoms with Crippen molar-refractivity contribution in [3.8, 4) is 11.3 Å². The second-order valence-electron chi connectivity index (χ2n) is 4.17.